The molecule has 0 unspecified atom stereocenters. The van der Waals surface area contributed by atoms with Gasteiger partial charge in [-0.05, 0) is 77.5 Å². The lowest BCUT2D eigenvalue weighted by molar-refractivity contribution is -0.0137. The summed E-state index contributed by atoms with van der Waals surface area (Å²) in [4.78, 5) is 17.9. The summed E-state index contributed by atoms with van der Waals surface area (Å²) < 4.78 is 41.0. The van der Waals surface area contributed by atoms with Gasteiger partial charge in [-0.2, -0.15) is 0 Å². The molecule has 0 saturated heterocycles. The molecule has 39 heavy (non-hydrogen) atoms. The zero-order chi connectivity index (χ0) is 28.6. The van der Waals surface area contributed by atoms with Crippen LogP contribution in [0.15, 0.2) is 53.4 Å². The van der Waals surface area contributed by atoms with Gasteiger partial charge in [-0.3, -0.25) is 9.52 Å². The van der Waals surface area contributed by atoms with E-state index in [4.69, 9.17) is 9.47 Å². The molecular weight excluding hydrogens is 518 g/mol. The van der Waals surface area contributed by atoms with Crippen molar-refractivity contribution in [3.63, 3.8) is 0 Å². The molecule has 0 saturated carbocycles. The number of benzene rings is 2. The Morgan fingerprint density at radius 3 is 2.51 bits per heavy atom. The molecule has 0 radical (unpaired) electrons. The first-order valence-electron chi connectivity index (χ1n) is 13.6. The summed E-state index contributed by atoms with van der Waals surface area (Å²) in [5.74, 6) is 0.0273. The molecule has 1 aliphatic rings. The minimum atomic E-state index is -3.86. The van der Waals surface area contributed by atoms with Crippen molar-refractivity contribution >= 4 is 21.6 Å². The van der Waals surface area contributed by atoms with Gasteiger partial charge >= 0.3 is 0 Å². The third kappa shape index (κ3) is 8.66. The Hall–Kier alpha value is -2.66. The fraction of sp³-hybridized carbons (Fsp3) is 0.552. The third-order valence-electron chi connectivity index (χ3n) is 6.90. The summed E-state index contributed by atoms with van der Waals surface area (Å²) in [7, 11) is 0.132. The number of fused-ring (bicyclic) bond motifs is 1. The number of ether oxygens (including phenoxy) is 2. The molecule has 1 amide bonds. The van der Waals surface area contributed by atoms with Crippen molar-refractivity contribution in [2.45, 2.75) is 63.2 Å². The van der Waals surface area contributed by atoms with E-state index >= 15 is 0 Å². The van der Waals surface area contributed by atoms with Crippen LogP contribution in [0.25, 0.3) is 0 Å². The first-order valence-corrected chi connectivity index (χ1v) is 15.1. The van der Waals surface area contributed by atoms with E-state index in [-0.39, 0.29) is 46.8 Å². The summed E-state index contributed by atoms with van der Waals surface area (Å²) in [6, 6.07) is 12.4. The highest BCUT2D eigenvalue weighted by atomic mass is 32.2. The molecule has 0 fully saturated rings. The molecule has 4 atom stereocenters. The maximum absolute atomic E-state index is 14.1. The van der Waals surface area contributed by atoms with Crippen LogP contribution in [0.1, 0.15) is 50.4 Å². The van der Waals surface area contributed by atoms with Gasteiger partial charge in [0, 0.05) is 31.3 Å². The van der Waals surface area contributed by atoms with Crippen LogP contribution in [0, 0.1) is 5.92 Å². The lowest BCUT2D eigenvalue weighted by Gasteiger charge is -2.35. The maximum atomic E-state index is 14.1. The van der Waals surface area contributed by atoms with Gasteiger partial charge in [-0.15, -0.1) is 0 Å². The average molecular weight is 562 g/mol. The molecule has 3 rings (SSSR count). The average Bonchev–Trinajstić information content (AvgIpc) is 2.90. The van der Waals surface area contributed by atoms with E-state index in [0.29, 0.717) is 25.4 Å². The normalized spacial score (nSPS) is 22.5. The van der Waals surface area contributed by atoms with Gasteiger partial charge in [0.05, 0.1) is 35.3 Å². The van der Waals surface area contributed by atoms with E-state index in [1.807, 2.05) is 27.9 Å². The molecule has 2 aromatic carbocycles. The number of likely N-dealkylation sites (N-methyl/N-ethyl adjacent to an activating group) is 1. The van der Waals surface area contributed by atoms with Crippen molar-refractivity contribution in [3.05, 3.63) is 54.1 Å². The number of aliphatic hydroxyl groups is 1. The van der Waals surface area contributed by atoms with Gasteiger partial charge in [0.1, 0.15) is 5.75 Å². The van der Waals surface area contributed by atoms with Crippen LogP contribution in [0.2, 0.25) is 0 Å². The van der Waals surface area contributed by atoms with E-state index in [9.17, 15) is 18.3 Å². The zero-order valence-electron chi connectivity index (χ0n) is 23.7. The van der Waals surface area contributed by atoms with Crippen molar-refractivity contribution < 1.29 is 27.8 Å². The third-order valence-corrected chi connectivity index (χ3v) is 8.30. The highest BCUT2D eigenvalue weighted by Crippen LogP contribution is 2.29. The molecule has 2 aromatic rings. The number of carbonyl (C=O) groups excluding carboxylic acids is 1. The summed E-state index contributed by atoms with van der Waals surface area (Å²) in [6.07, 6.45) is 2.33. The summed E-state index contributed by atoms with van der Waals surface area (Å²) in [5.41, 5.74) is 0.492. The Kier molecular flexibility index (Phi) is 11.2. The first kappa shape index (κ1) is 30.9. The largest absolute Gasteiger partial charge is 0.490 e. The number of anilines is 1. The number of rotatable bonds is 7. The standard InChI is InChI=1S/C29H43N3O6S/c1-21-18-32(22(2)20-33)29(34)26-17-24(30-39(35,36)25-12-7-6-8-13-25)14-15-27(26)38-23(3)11-9-10-16-37-28(21)19-31(4)5/h6-8,12-15,17,21-23,28,30,33H,9-11,16,18-20H2,1-5H3/t21-,22+,23+,28-/m1/s1. The van der Waals surface area contributed by atoms with E-state index < -0.39 is 16.1 Å². The van der Waals surface area contributed by atoms with Crippen LogP contribution in [0.3, 0.4) is 0 Å². The number of aliphatic hydroxyl groups excluding tert-OH is 1. The van der Waals surface area contributed by atoms with Gasteiger partial charge in [0.15, 0.2) is 0 Å². The Balaban J connectivity index is 2.02. The molecule has 9 nitrogen and oxygen atoms in total. The van der Waals surface area contributed by atoms with E-state index in [0.717, 1.165) is 19.3 Å². The second-order valence-electron chi connectivity index (χ2n) is 10.7. The van der Waals surface area contributed by atoms with Crippen molar-refractivity contribution in [1.29, 1.82) is 0 Å². The second-order valence-corrected chi connectivity index (χ2v) is 12.4. The first-order chi connectivity index (χ1) is 18.5. The van der Waals surface area contributed by atoms with Crippen LogP contribution in [0.5, 0.6) is 5.75 Å². The lowest BCUT2D eigenvalue weighted by Crippen LogP contribution is -2.47. The SMILES string of the molecule is C[C@@H]1CN([C@@H](C)CO)C(=O)c2cc(NS(=O)(=O)c3ccccc3)ccc2O[C@@H](C)CCCCO[C@@H]1CN(C)C. The number of nitrogens with one attached hydrogen (secondary N) is 1. The highest BCUT2D eigenvalue weighted by molar-refractivity contribution is 7.92. The number of hydrogen-bond donors (Lipinski definition) is 2. The summed E-state index contributed by atoms with van der Waals surface area (Å²) in [6.45, 7) is 7.27. The lowest BCUT2D eigenvalue weighted by atomic mass is 10.0. The number of hydrogen-bond acceptors (Lipinski definition) is 7. The van der Waals surface area contributed by atoms with Crippen molar-refractivity contribution in [1.82, 2.24) is 9.80 Å². The van der Waals surface area contributed by atoms with E-state index in [2.05, 4.69) is 9.62 Å². The molecule has 0 aromatic heterocycles. The van der Waals surface area contributed by atoms with E-state index in [1.54, 1.807) is 42.2 Å². The van der Waals surface area contributed by atoms with Crippen molar-refractivity contribution in [2.75, 3.05) is 45.1 Å². The molecule has 2 N–H and O–H groups in total. The topological polar surface area (TPSA) is 108 Å². The minimum absolute atomic E-state index is 0.0173. The predicted molar refractivity (Wildman–Crippen MR) is 153 cm³/mol. The van der Waals surface area contributed by atoms with E-state index in [1.165, 1.54) is 18.2 Å². The van der Waals surface area contributed by atoms with Gasteiger partial charge in [-0.25, -0.2) is 8.42 Å². The summed E-state index contributed by atoms with van der Waals surface area (Å²) >= 11 is 0. The smallest absolute Gasteiger partial charge is 0.261 e. The van der Waals surface area contributed by atoms with Gasteiger partial charge < -0.3 is 24.4 Å². The van der Waals surface area contributed by atoms with Crippen molar-refractivity contribution in [2.24, 2.45) is 5.92 Å². The molecule has 0 bridgehead atoms. The number of amides is 1. The Morgan fingerprint density at radius 1 is 1.13 bits per heavy atom. The summed E-state index contributed by atoms with van der Waals surface area (Å²) in [5, 5.41) is 10.0. The maximum Gasteiger partial charge on any atom is 0.261 e. The predicted octanol–water partition coefficient (Wildman–Crippen LogP) is 3.84. The fourth-order valence-electron chi connectivity index (χ4n) is 4.62. The molecule has 216 valence electrons. The Bertz CT molecular complexity index is 1170. The van der Waals surface area contributed by atoms with Crippen LogP contribution in [-0.4, -0.2) is 87.9 Å². The highest BCUT2D eigenvalue weighted by Gasteiger charge is 2.30. The number of carbonyl (C=O) groups is 1. The molecule has 1 aliphatic heterocycles. The van der Waals surface area contributed by atoms with Crippen LogP contribution in [0.4, 0.5) is 5.69 Å². The Morgan fingerprint density at radius 2 is 1.85 bits per heavy atom. The monoisotopic (exact) mass is 561 g/mol. The number of sulfonamides is 1. The zero-order valence-corrected chi connectivity index (χ0v) is 24.5. The van der Waals surface area contributed by atoms with Gasteiger partial charge in [0.25, 0.3) is 15.9 Å². The van der Waals surface area contributed by atoms with Crippen LogP contribution in [-0.2, 0) is 14.8 Å². The molecule has 1 heterocycles. The minimum Gasteiger partial charge on any atom is -0.490 e. The Labute approximate surface area is 233 Å². The van der Waals surface area contributed by atoms with Gasteiger partial charge in [-0.1, -0.05) is 25.1 Å². The van der Waals surface area contributed by atoms with Crippen LogP contribution < -0.4 is 9.46 Å². The molecule has 0 aliphatic carbocycles. The van der Waals surface area contributed by atoms with Crippen LogP contribution >= 0.6 is 0 Å². The van der Waals surface area contributed by atoms with Gasteiger partial charge in [0.2, 0.25) is 0 Å². The number of nitrogens with zero attached hydrogens (tertiary/aromatic N) is 2. The molecular formula is C29H43N3O6S. The molecule has 0 spiro atoms. The quantitative estimate of drug-likeness (QED) is 0.529. The fourth-order valence-corrected chi connectivity index (χ4v) is 5.69. The second kappa shape index (κ2) is 14.1. The molecule has 10 heteroatoms. The van der Waals surface area contributed by atoms with Crippen molar-refractivity contribution in [3.8, 4) is 5.75 Å².